The Bertz CT molecular complexity index is 564. The monoisotopic (exact) mass is 235 g/mol. The number of aromatic nitrogens is 1. The zero-order valence-electron chi connectivity index (χ0n) is 8.91. The Balaban J connectivity index is 2.48. The lowest BCUT2D eigenvalue weighted by molar-refractivity contribution is -0.385. The first-order valence-corrected chi connectivity index (χ1v) is 4.66. The smallest absolute Gasteiger partial charge is 0.310 e. The number of hydrogen-bond acceptors (Lipinski definition) is 6. The van der Waals surface area contributed by atoms with Crippen LogP contribution in [0.4, 0.5) is 11.7 Å². The highest BCUT2D eigenvalue weighted by Crippen LogP contribution is 2.32. The van der Waals surface area contributed by atoms with Crippen LogP contribution in [-0.4, -0.2) is 17.0 Å². The van der Waals surface area contributed by atoms with Crippen molar-refractivity contribution < 1.29 is 14.1 Å². The number of nitrogen functional groups attached to an aromatic ring is 1. The summed E-state index contributed by atoms with van der Waals surface area (Å²) < 4.78 is 10.1. The van der Waals surface area contributed by atoms with Crippen molar-refractivity contribution in [2.24, 2.45) is 0 Å². The molecular weight excluding hydrogens is 226 g/mol. The van der Waals surface area contributed by atoms with Crippen LogP contribution in [0.1, 0.15) is 0 Å². The van der Waals surface area contributed by atoms with Gasteiger partial charge in [-0.1, -0.05) is 0 Å². The average Bonchev–Trinajstić information content (AvgIpc) is 2.75. The summed E-state index contributed by atoms with van der Waals surface area (Å²) in [5, 5.41) is 10.7. The first-order valence-electron chi connectivity index (χ1n) is 4.66. The molecule has 0 radical (unpaired) electrons. The van der Waals surface area contributed by atoms with Crippen LogP contribution in [0, 0.1) is 10.1 Å². The van der Waals surface area contributed by atoms with E-state index in [9.17, 15) is 10.1 Å². The number of ether oxygens (including phenoxy) is 1. The highest BCUT2D eigenvalue weighted by Gasteiger charge is 2.16. The molecule has 1 aromatic heterocycles. The number of nitro groups is 1. The molecule has 0 aliphatic carbocycles. The third kappa shape index (κ3) is 2.03. The van der Waals surface area contributed by atoms with E-state index in [1.165, 1.54) is 25.4 Å². The first kappa shape index (κ1) is 10.9. The maximum absolute atomic E-state index is 10.7. The van der Waals surface area contributed by atoms with Crippen LogP contribution in [0.5, 0.6) is 5.75 Å². The molecule has 17 heavy (non-hydrogen) atoms. The molecule has 0 unspecified atom stereocenters. The molecule has 88 valence electrons. The second kappa shape index (κ2) is 4.12. The van der Waals surface area contributed by atoms with Crippen LogP contribution >= 0.6 is 0 Å². The summed E-state index contributed by atoms with van der Waals surface area (Å²) in [6, 6.07) is 4.42. The number of hydrogen-bond donors (Lipinski definition) is 1. The van der Waals surface area contributed by atoms with Gasteiger partial charge in [-0.15, -0.1) is 0 Å². The zero-order valence-corrected chi connectivity index (χ0v) is 8.91. The van der Waals surface area contributed by atoms with Crippen molar-refractivity contribution in [2.75, 3.05) is 12.8 Å². The molecular formula is C10H9N3O4. The number of nitro benzene ring substituents is 1. The molecule has 0 fully saturated rings. The van der Waals surface area contributed by atoms with E-state index in [4.69, 9.17) is 14.9 Å². The summed E-state index contributed by atoms with van der Waals surface area (Å²) in [4.78, 5) is 13.9. The molecule has 0 bridgehead atoms. The number of rotatable bonds is 3. The normalized spacial score (nSPS) is 10.2. The summed E-state index contributed by atoms with van der Waals surface area (Å²) in [7, 11) is 1.36. The SMILES string of the molecule is COc1cc(-c2cnc(N)o2)ccc1[N+](=O)[O-]. The Morgan fingerprint density at radius 3 is 2.82 bits per heavy atom. The summed E-state index contributed by atoms with van der Waals surface area (Å²) in [5.41, 5.74) is 5.85. The van der Waals surface area contributed by atoms with Crippen LogP contribution in [0.15, 0.2) is 28.8 Å². The van der Waals surface area contributed by atoms with Gasteiger partial charge in [0.05, 0.1) is 18.2 Å². The van der Waals surface area contributed by atoms with Crippen molar-refractivity contribution in [2.45, 2.75) is 0 Å². The van der Waals surface area contributed by atoms with Gasteiger partial charge in [-0.2, -0.15) is 0 Å². The quantitative estimate of drug-likeness (QED) is 0.642. The fourth-order valence-electron chi connectivity index (χ4n) is 1.40. The molecule has 0 aliphatic heterocycles. The molecule has 1 heterocycles. The first-order chi connectivity index (χ1) is 8.11. The van der Waals surface area contributed by atoms with Gasteiger partial charge in [0.1, 0.15) is 0 Å². The average molecular weight is 235 g/mol. The molecule has 7 nitrogen and oxygen atoms in total. The van der Waals surface area contributed by atoms with E-state index in [-0.39, 0.29) is 17.5 Å². The largest absolute Gasteiger partial charge is 0.490 e. The zero-order chi connectivity index (χ0) is 12.4. The van der Waals surface area contributed by atoms with Crippen molar-refractivity contribution in [3.05, 3.63) is 34.5 Å². The minimum Gasteiger partial charge on any atom is -0.490 e. The molecule has 0 amide bonds. The van der Waals surface area contributed by atoms with Gasteiger partial charge in [0.25, 0.3) is 6.01 Å². The third-order valence-corrected chi connectivity index (χ3v) is 2.18. The summed E-state index contributed by atoms with van der Waals surface area (Å²) >= 11 is 0. The predicted octanol–water partition coefficient (Wildman–Crippen LogP) is 1.84. The van der Waals surface area contributed by atoms with Gasteiger partial charge in [0, 0.05) is 11.6 Å². The van der Waals surface area contributed by atoms with Gasteiger partial charge in [0.2, 0.25) is 0 Å². The van der Waals surface area contributed by atoms with Crippen LogP contribution in [-0.2, 0) is 0 Å². The van der Waals surface area contributed by atoms with E-state index in [1.807, 2.05) is 0 Å². The molecule has 0 atom stereocenters. The predicted molar refractivity (Wildman–Crippen MR) is 59.6 cm³/mol. The molecule has 0 saturated heterocycles. The minimum atomic E-state index is -0.517. The third-order valence-electron chi connectivity index (χ3n) is 2.18. The molecule has 0 spiro atoms. The van der Waals surface area contributed by atoms with Crippen molar-refractivity contribution >= 4 is 11.7 Å². The number of benzene rings is 1. The van der Waals surface area contributed by atoms with Crippen LogP contribution in [0.3, 0.4) is 0 Å². The Kier molecular flexibility index (Phi) is 2.65. The summed E-state index contributed by atoms with van der Waals surface area (Å²) in [6.45, 7) is 0. The lowest BCUT2D eigenvalue weighted by Crippen LogP contribution is -1.93. The van der Waals surface area contributed by atoms with E-state index in [0.29, 0.717) is 11.3 Å². The van der Waals surface area contributed by atoms with Gasteiger partial charge in [-0.3, -0.25) is 10.1 Å². The van der Waals surface area contributed by atoms with Gasteiger partial charge in [-0.25, -0.2) is 4.98 Å². The topological polar surface area (TPSA) is 104 Å². The number of nitrogens with two attached hydrogens (primary N) is 1. The van der Waals surface area contributed by atoms with Crippen molar-refractivity contribution in [1.29, 1.82) is 0 Å². The Hall–Kier alpha value is -2.57. The summed E-state index contributed by atoms with van der Waals surface area (Å²) in [6.07, 6.45) is 1.44. The highest BCUT2D eigenvalue weighted by molar-refractivity contribution is 5.64. The van der Waals surface area contributed by atoms with Crippen molar-refractivity contribution in [3.63, 3.8) is 0 Å². The van der Waals surface area contributed by atoms with Gasteiger partial charge in [-0.05, 0) is 12.1 Å². The lowest BCUT2D eigenvalue weighted by atomic mass is 10.1. The molecule has 0 saturated carbocycles. The second-order valence-electron chi connectivity index (χ2n) is 3.21. The molecule has 7 heteroatoms. The molecule has 2 aromatic rings. The maximum atomic E-state index is 10.7. The number of nitrogens with zero attached hydrogens (tertiary/aromatic N) is 2. The van der Waals surface area contributed by atoms with Gasteiger partial charge >= 0.3 is 5.69 Å². The van der Waals surface area contributed by atoms with E-state index in [2.05, 4.69) is 4.98 Å². The molecule has 2 rings (SSSR count). The highest BCUT2D eigenvalue weighted by atomic mass is 16.6. The maximum Gasteiger partial charge on any atom is 0.310 e. The fraction of sp³-hybridized carbons (Fsp3) is 0.100. The van der Waals surface area contributed by atoms with Crippen LogP contribution in [0.2, 0.25) is 0 Å². The van der Waals surface area contributed by atoms with E-state index >= 15 is 0 Å². The van der Waals surface area contributed by atoms with E-state index in [1.54, 1.807) is 6.07 Å². The molecule has 2 N–H and O–H groups in total. The fourth-order valence-corrected chi connectivity index (χ4v) is 1.40. The number of methoxy groups -OCH3 is 1. The Labute approximate surface area is 96.0 Å². The van der Waals surface area contributed by atoms with Crippen LogP contribution < -0.4 is 10.5 Å². The minimum absolute atomic E-state index is 0.0392. The van der Waals surface area contributed by atoms with Crippen molar-refractivity contribution in [3.8, 4) is 17.1 Å². The molecule has 0 aliphatic rings. The van der Waals surface area contributed by atoms with E-state index < -0.39 is 4.92 Å². The summed E-state index contributed by atoms with van der Waals surface area (Å²) in [5.74, 6) is 0.582. The van der Waals surface area contributed by atoms with Crippen molar-refractivity contribution in [1.82, 2.24) is 4.98 Å². The van der Waals surface area contributed by atoms with E-state index in [0.717, 1.165) is 0 Å². The Morgan fingerprint density at radius 1 is 1.53 bits per heavy atom. The lowest BCUT2D eigenvalue weighted by Gasteiger charge is -2.03. The second-order valence-corrected chi connectivity index (χ2v) is 3.21. The van der Waals surface area contributed by atoms with Gasteiger partial charge in [0.15, 0.2) is 11.5 Å². The standard InChI is InChI=1S/C10H9N3O4/c1-16-8-4-6(2-3-7(8)13(14)15)9-5-12-10(11)17-9/h2-5H,1H3,(H2,11,12). The number of anilines is 1. The number of oxazole rings is 1. The van der Waals surface area contributed by atoms with Gasteiger partial charge < -0.3 is 14.9 Å². The molecule has 1 aromatic carbocycles. The Morgan fingerprint density at radius 2 is 2.29 bits per heavy atom. The van der Waals surface area contributed by atoms with Crippen LogP contribution in [0.25, 0.3) is 11.3 Å².